The Labute approximate surface area is 125 Å². The number of aliphatic carboxylic acids is 1. The van der Waals surface area contributed by atoms with Gasteiger partial charge in [0.2, 0.25) is 0 Å². The smallest absolute Gasteiger partial charge is 0.317 e. The second-order valence-electron chi connectivity index (χ2n) is 5.09. The Morgan fingerprint density at radius 1 is 1.19 bits per heavy atom. The molecule has 0 aliphatic rings. The van der Waals surface area contributed by atoms with Crippen molar-refractivity contribution >= 4 is 5.97 Å². The van der Waals surface area contributed by atoms with Crippen molar-refractivity contribution in [2.24, 2.45) is 0 Å². The van der Waals surface area contributed by atoms with Crippen molar-refractivity contribution in [1.29, 1.82) is 0 Å². The zero-order valence-corrected chi connectivity index (χ0v) is 13.1. The number of carbonyl (C=O) groups is 1. The molecule has 6 nitrogen and oxygen atoms in total. The summed E-state index contributed by atoms with van der Waals surface area (Å²) in [6.07, 6.45) is 0. The molecular weight excluding hydrogens is 272 g/mol. The van der Waals surface area contributed by atoms with Crippen molar-refractivity contribution in [3.8, 4) is 11.5 Å². The van der Waals surface area contributed by atoms with Crippen molar-refractivity contribution < 1.29 is 19.4 Å². The van der Waals surface area contributed by atoms with Crippen LogP contribution < -0.4 is 9.47 Å². The van der Waals surface area contributed by atoms with E-state index in [4.69, 9.17) is 14.6 Å². The van der Waals surface area contributed by atoms with Crippen LogP contribution in [0.1, 0.15) is 5.56 Å². The number of carboxylic acid groups (broad SMARTS) is 1. The van der Waals surface area contributed by atoms with Gasteiger partial charge in [0.05, 0.1) is 20.8 Å². The van der Waals surface area contributed by atoms with Gasteiger partial charge in [0.25, 0.3) is 0 Å². The van der Waals surface area contributed by atoms with Crippen LogP contribution >= 0.6 is 0 Å². The molecule has 0 bridgehead atoms. The molecule has 21 heavy (non-hydrogen) atoms. The minimum atomic E-state index is -0.832. The number of methoxy groups -OCH3 is 2. The molecule has 0 amide bonds. The van der Waals surface area contributed by atoms with E-state index in [1.807, 2.05) is 36.0 Å². The number of hydrogen-bond donors (Lipinski definition) is 1. The largest absolute Gasteiger partial charge is 0.497 e. The van der Waals surface area contributed by atoms with Crippen LogP contribution in [0.4, 0.5) is 0 Å². The van der Waals surface area contributed by atoms with Crippen molar-refractivity contribution in [3.63, 3.8) is 0 Å². The average Bonchev–Trinajstić information content (AvgIpc) is 2.44. The fourth-order valence-electron chi connectivity index (χ4n) is 1.97. The van der Waals surface area contributed by atoms with E-state index < -0.39 is 5.97 Å². The van der Waals surface area contributed by atoms with E-state index in [0.717, 1.165) is 12.1 Å². The molecule has 1 N–H and O–H groups in total. The summed E-state index contributed by atoms with van der Waals surface area (Å²) in [5.74, 6) is 0.588. The topological polar surface area (TPSA) is 62.2 Å². The number of hydrogen-bond acceptors (Lipinski definition) is 5. The lowest BCUT2D eigenvalue weighted by atomic mass is 10.1. The summed E-state index contributed by atoms with van der Waals surface area (Å²) in [6.45, 7) is 2.00. The van der Waals surface area contributed by atoms with Gasteiger partial charge in [-0.2, -0.15) is 0 Å². The van der Waals surface area contributed by atoms with Crippen LogP contribution in [0, 0.1) is 0 Å². The number of carboxylic acids is 1. The average molecular weight is 296 g/mol. The normalized spacial score (nSPS) is 11.0. The standard InChI is InChI=1S/C15H24N2O4/c1-16(2)7-8-17(11-15(18)19)10-12-5-6-13(20-3)9-14(12)21-4/h5-6,9H,7-8,10-11H2,1-4H3,(H,18,19). The van der Waals surface area contributed by atoms with Crippen molar-refractivity contribution in [2.75, 3.05) is 47.9 Å². The highest BCUT2D eigenvalue weighted by Gasteiger charge is 2.14. The van der Waals surface area contributed by atoms with E-state index in [2.05, 4.69) is 0 Å². The fourth-order valence-corrected chi connectivity index (χ4v) is 1.97. The molecule has 0 heterocycles. The number of benzene rings is 1. The molecule has 0 saturated carbocycles. The second-order valence-corrected chi connectivity index (χ2v) is 5.09. The van der Waals surface area contributed by atoms with Crippen molar-refractivity contribution in [1.82, 2.24) is 9.80 Å². The van der Waals surface area contributed by atoms with Gasteiger partial charge in [-0.1, -0.05) is 6.07 Å². The van der Waals surface area contributed by atoms with E-state index in [-0.39, 0.29) is 6.54 Å². The van der Waals surface area contributed by atoms with Gasteiger partial charge >= 0.3 is 5.97 Å². The molecule has 0 aliphatic carbocycles. The molecule has 0 spiro atoms. The highest BCUT2D eigenvalue weighted by Crippen LogP contribution is 2.25. The van der Waals surface area contributed by atoms with Crippen molar-refractivity contribution in [2.45, 2.75) is 6.54 Å². The molecule has 0 fully saturated rings. The van der Waals surface area contributed by atoms with E-state index in [0.29, 0.717) is 24.6 Å². The maximum atomic E-state index is 11.0. The maximum Gasteiger partial charge on any atom is 0.317 e. The van der Waals surface area contributed by atoms with E-state index in [1.54, 1.807) is 20.3 Å². The SMILES string of the molecule is COc1ccc(CN(CCN(C)C)CC(=O)O)c(OC)c1. The third kappa shape index (κ3) is 6.01. The van der Waals surface area contributed by atoms with E-state index in [1.165, 1.54) is 0 Å². The van der Waals surface area contributed by atoms with Gasteiger partial charge in [-0.25, -0.2) is 0 Å². The Balaban J connectivity index is 2.83. The van der Waals surface area contributed by atoms with Gasteiger partial charge in [0, 0.05) is 31.3 Å². The second kappa shape index (κ2) is 8.49. The van der Waals surface area contributed by atoms with Gasteiger partial charge in [-0.05, 0) is 20.2 Å². The highest BCUT2D eigenvalue weighted by atomic mass is 16.5. The predicted octanol–water partition coefficient (Wildman–Crippen LogP) is 1.15. The van der Waals surface area contributed by atoms with E-state index in [9.17, 15) is 4.79 Å². The van der Waals surface area contributed by atoms with Crippen LogP contribution in [-0.4, -0.2) is 68.8 Å². The zero-order valence-electron chi connectivity index (χ0n) is 13.1. The first-order valence-electron chi connectivity index (χ1n) is 6.76. The Morgan fingerprint density at radius 3 is 2.43 bits per heavy atom. The highest BCUT2D eigenvalue weighted by molar-refractivity contribution is 5.69. The van der Waals surface area contributed by atoms with E-state index >= 15 is 0 Å². The van der Waals surface area contributed by atoms with Crippen LogP contribution in [0.2, 0.25) is 0 Å². The summed E-state index contributed by atoms with van der Waals surface area (Å²) in [4.78, 5) is 14.9. The Hall–Kier alpha value is -1.79. The minimum Gasteiger partial charge on any atom is -0.497 e. The summed E-state index contributed by atoms with van der Waals surface area (Å²) >= 11 is 0. The predicted molar refractivity (Wildman–Crippen MR) is 81.0 cm³/mol. The molecule has 6 heteroatoms. The summed E-state index contributed by atoms with van der Waals surface area (Å²) < 4.78 is 10.5. The van der Waals surface area contributed by atoms with Crippen LogP contribution in [0.3, 0.4) is 0 Å². The third-order valence-corrected chi connectivity index (χ3v) is 3.11. The molecular formula is C15H24N2O4. The number of ether oxygens (including phenoxy) is 2. The van der Waals surface area contributed by atoms with Gasteiger partial charge in [-0.3, -0.25) is 9.69 Å². The first-order chi connectivity index (χ1) is 9.96. The number of rotatable bonds is 9. The molecule has 0 saturated heterocycles. The van der Waals surface area contributed by atoms with Crippen LogP contribution in [0.25, 0.3) is 0 Å². The summed E-state index contributed by atoms with van der Waals surface area (Å²) in [5.41, 5.74) is 0.943. The lowest BCUT2D eigenvalue weighted by molar-refractivity contribution is -0.138. The molecule has 118 valence electrons. The molecule has 0 atom stereocenters. The molecule has 1 aromatic carbocycles. The first-order valence-corrected chi connectivity index (χ1v) is 6.76. The monoisotopic (exact) mass is 296 g/mol. The van der Waals surface area contributed by atoms with Crippen LogP contribution in [-0.2, 0) is 11.3 Å². The Kier molecular flexibility index (Phi) is 6.98. The maximum absolute atomic E-state index is 11.0. The van der Waals surface area contributed by atoms with Gasteiger partial charge in [-0.15, -0.1) is 0 Å². The fraction of sp³-hybridized carbons (Fsp3) is 0.533. The quantitative estimate of drug-likeness (QED) is 0.737. The van der Waals surface area contributed by atoms with Crippen molar-refractivity contribution in [3.05, 3.63) is 23.8 Å². The lowest BCUT2D eigenvalue weighted by Crippen LogP contribution is -2.35. The molecule has 1 aromatic rings. The molecule has 0 aliphatic heterocycles. The summed E-state index contributed by atoms with van der Waals surface area (Å²) in [7, 11) is 7.13. The summed E-state index contributed by atoms with van der Waals surface area (Å²) in [6, 6.07) is 5.56. The van der Waals surface area contributed by atoms with Gasteiger partial charge in [0.15, 0.2) is 0 Å². The molecule has 1 rings (SSSR count). The molecule has 0 aromatic heterocycles. The Morgan fingerprint density at radius 2 is 1.90 bits per heavy atom. The molecule has 0 radical (unpaired) electrons. The first kappa shape index (κ1) is 17.3. The van der Waals surface area contributed by atoms with Gasteiger partial charge in [0.1, 0.15) is 11.5 Å². The Bertz CT molecular complexity index is 463. The molecule has 0 unspecified atom stereocenters. The minimum absolute atomic E-state index is 0.00300. The van der Waals surface area contributed by atoms with Gasteiger partial charge < -0.3 is 19.5 Å². The number of nitrogens with zero attached hydrogens (tertiary/aromatic N) is 2. The third-order valence-electron chi connectivity index (χ3n) is 3.11. The zero-order chi connectivity index (χ0) is 15.8. The number of likely N-dealkylation sites (N-methyl/N-ethyl adjacent to an activating group) is 1. The van der Waals surface area contributed by atoms with Crippen LogP contribution in [0.15, 0.2) is 18.2 Å². The van der Waals surface area contributed by atoms with Crippen LogP contribution in [0.5, 0.6) is 11.5 Å². The lowest BCUT2D eigenvalue weighted by Gasteiger charge is -2.23. The summed E-state index contributed by atoms with van der Waals surface area (Å²) in [5, 5.41) is 9.03.